The van der Waals surface area contributed by atoms with Gasteiger partial charge in [-0.25, -0.2) is 4.39 Å². The van der Waals surface area contributed by atoms with Crippen LogP contribution >= 0.6 is 0 Å². The molecular weight excluding hydrogens is 241 g/mol. The van der Waals surface area contributed by atoms with Gasteiger partial charge < -0.3 is 4.74 Å². The molecular formula is C16H11FNO. The van der Waals surface area contributed by atoms with E-state index in [1.165, 1.54) is 6.07 Å². The van der Waals surface area contributed by atoms with Crippen molar-refractivity contribution < 1.29 is 9.13 Å². The van der Waals surface area contributed by atoms with Gasteiger partial charge in [0.25, 0.3) is 0 Å². The molecule has 19 heavy (non-hydrogen) atoms. The largest absolute Gasteiger partial charge is 0.496 e. The number of halogens is 1. The first-order valence-corrected chi connectivity index (χ1v) is 5.89. The molecule has 0 aliphatic heterocycles. The summed E-state index contributed by atoms with van der Waals surface area (Å²) >= 11 is 0. The maximum absolute atomic E-state index is 14.1. The van der Waals surface area contributed by atoms with E-state index >= 15 is 0 Å². The van der Waals surface area contributed by atoms with Gasteiger partial charge in [0.15, 0.2) is 0 Å². The molecule has 0 atom stereocenters. The van der Waals surface area contributed by atoms with E-state index in [2.05, 4.69) is 11.1 Å². The molecule has 93 valence electrons. The Labute approximate surface area is 110 Å². The molecule has 3 aromatic rings. The Morgan fingerprint density at radius 1 is 1.21 bits per heavy atom. The van der Waals surface area contributed by atoms with Crippen LogP contribution in [-0.2, 0) is 0 Å². The number of aromatic nitrogens is 1. The number of rotatable bonds is 2. The lowest BCUT2D eigenvalue weighted by Gasteiger charge is -2.09. The first-order chi connectivity index (χ1) is 9.29. The zero-order valence-electron chi connectivity index (χ0n) is 10.4. The predicted molar refractivity (Wildman–Crippen MR) is 72.5 cm³/mol. The number of hydrogen-bond acceptors (Lipinski definition) is 2. The van der Waals surface area contributed by atoms with Crippen LogP contribution in [0.4, 0.5) is 4.39 Å². The summed E-state index contributed by atoms with van der Waals surface area (Å²) in [6.45, 7) is 0. The fraction of sp³-hybridized carbons (Fsp3) is 0.0625. The minimum absolute atomic E-state index is 0.340. The lowest BCUT2D eigenvalue weighted by Crippen LogP contribution is -1.90. The van der Waals surface area contributed by atoms with E-state index in [-0.39, 0.29) is 5.82 Å². The van der Waals surface area contributed by atoms with Gasteiger partial charge in [0.1, 0.15) is 17.1 Å². The van der Waals surface area contributed by atoms with Crippen molar-refractivity contribution in [2.24, 2.45) is 0 Å². The van der Waals surface area contributed by atoms with E-state index in [0.29, 0.717) is 11.3 Å². The van der Waals surface area contributed by atoms with Crippen molar-refractivity contribution in [2.45, 2.75) is 0 Å². The summed E-state index contributed by atoms with van der Waals surface area (Å²) in [5.74, 6) is 0.331. The molecule has 2 nitrogen and oxygen atoms in total. The van der Waals surface area contributed by atoms with Crippen LogP contribution < -0.4 is 4.74 Å². The lowest BCUT2D eigenvalue weighted by molar-refractivity contribution is 0.416. The van der Waals surface area contributed by atoms with E-state index in [4.69, 9.17) is 4.74 Å². The molecule has 0 aliphatic rings. The van der Waals surface area contributed by atoms with Crippen LogP contribution in [0, 0.1) is 11.9 Å². The zero-order chi connectivity index (χ0) is 13.2. The molecule has 1 radical (unpaired) electrons. The fourth-order valence-corrected chi connectivity index (χ4v) is 2.11. The van der Waals surface area contributed by atoms with Crippen molar-refractivity contribution in [3.8, 4) is 16.9 Å². The SMILES string of the molecule is COc1ccc[c]c1-c1cc(F)c2ncccc2c1. The maximum atomic E-state index is 14.1. The second-order valence-corrected chi connectivity index (χ2v) is 4.15. The van der Waals surface area contributed by atoms with Gasteiger partial charge in [0.05, 0.1) is 7.11 Å². The molecule has 3 heteroatoms. The third-order valence-electron chi connectivity index (χ3n) is 2.98. The van der Waals surface area contributed by atoms with Crippen LogP contribution in [0.15, 0.2) is 48.7 Å². The van der Waals surface area contributed by atoms with Crippen molar-refractivity contribution in [3.05, 3.63) is 60.5 Å². The molecule has 0 saturated carbocycles. The number of methoxy groups -OCH3 is 1. The molecule has 0 unspecified atom stereocenters. The number of fused-ring (bicyclic) bond motifs is 1. The highest BCUT2D eigenvalue weighted by atomic mass is 19.1. The highest BCUT2D eigenvalue weighted by molar-refractivity contribution is 5.86. The minimum atomic E-state index is -0.340. The number of nitrogens with zero attached hydrogens (tertiary/aromatic N) is 1. The second-order valence-electron chi connectivity index (χ2n) is 4.15. The highest BCUT2D eigenvalue weighted by Gasteiger charge is 2.09. The Morgan fingerprint density at radius 3 is 2.95 bits per heavy atom. The van der Waals surface area contributed by atoms with Gasteiger partial charge in [-0.15, -0.1) is 0 Å². The summed E-state index contributed by atoms with van der Waals surface area (Å²) in [5.41, 5.74) is 1.85. The Balaban J connectivity index is 2.26. The standard InChI is InChI=1S/C16H11FNO/c1-19-15-7-3-2-6-13(15)12-9-11-5-4-8-18-16(11)14(17)10-12/h2-5,7-10H,1H3. The van der Waals surface area contributed by atoms with Crippen LogP contribution in [0.3, 0.4) is 0 Å². The average molecular weight is 252 g/mol. The first-order valence-electron chi connectivity index (χ1n) is 5.89. The summed E-state index contributed by atoms with van der Waals surface area (Å²) < 4.78 is 19.3. The molecule has 1 aromatic heterocycles. The van der Waals surface area contributed by atoms with E-state index in [1.807, 2.05) is 24.3 Å². The molecule has 0 amide bonds. The molecule has 0 fully saturated rings. The van der Waals surface area contributed by atoms with Crippen molar-refractivity contribution in [2.75, 3.05) is 7.11 Å². The van der Waals surface area contributed by atoms with E-state index < -0.39 is 0 Å². The van der Waals surface area contributed by atoms with Crippen molar-refractivity contribution in [3.63, 3.8) is 0 Å². The summed E-state index contributed by atoms with van der Waals surface area (Å²) in [7, 11) is 1.59. The molecule has 0 N–H and O–H groups in total. The van der Waals surface area contributed by atoms with Gasteiger partial charge in [-0.1, -0.05) is 18.2 Å². The summed E-state index contributed by atoms with van der Waals surface area (Å²) in [6.07, 6.45) is 1.58. The highest BCUT2D eigenvalue weighted by Crippen LogP contribution is 2.31. The molecule has 2 aromatic carbocycles. The predicted octanol–water partition coefficient (Wildman–Crippen LogP) is 3.85. The van der Waals surface area contributed by atoms with Gasteiger partial charge in [0.2, 0.25) is 0 Å². The van der Waals surface area contributed by atoms with Crippen LogP contribution in [0.25, 0.3) is 22.0 Å². The van der Waals surface area contributed by atoms with Crippen LogP contribution in [0.2, 0.25) is 0 Å². The Morgan fingerprint density at radius 2 is 2.11 bits per heavy atom. The third-order valence-corrected chi connectivity index (χ3v) is 2.98. The van der Waals surface area contributed by atoms with Gasteiger partial charge in [-0.3, -0.25) is 4.98 Å². The van der Waals surface area contributed by atoms with Crippen molar-refractivity contribution >= 4 is 10.9 Å². The number of hydrogen-bond donors (Lipinski definition) is 0. The third kappa shape index (κ3) is 2.03. The van der Waals surface area contributed by atoms with Gasteiger partial charge in [0, 0.05) is 17.1 Å². The van der Waals surface area contributed by atoms with Gasteiger partial charge in [-0.05, 0) is 35.9 Å². The Bertz CT molecular complexity index is 740. The molecule has 0 saturated heterocycles. The summed E-state index contributed by atoms with van der Waals surface area (Å²) in [6, 6.07) is 15.5. The Hall–Kier alpha value is -2.42. The number of benzene rings is 2. The van der Waals surface area contributed by atoms with E-state index in [9.17, 15) is 4.39 Å². The molecule has 0 aliphatic carbocycles. The van der Waals surface area contributed by atoms with Crippen LogP contribution in [-0.4, -0.2) is 12.1 Å². The van der Waals surface area contributed by atoms with Gasteiger partial charge >= 0.3 is 0 Å². The quantitative estimate of drug-likeness (QED) is 0.691. The van der Waals surface area contributed by atoms with Gasteiger partial charge in [-0.2, -0.15) is 0 Å². The molecule has 1 heterocycles. The average Bonchev–Trinajstić information content (AvgIpc) is 2.47. The first kappa shape index (κ1) is 11.7. The minimum Gasteiger partial charge on any atom is -0.496 e. The van der Waals surface area contributed by atoms with Crippen LogP contribution in [0.1, 0.15) is 0 Å². The summed E-state index contributed by atoms with van der Waals surface area (Å²) in [4.78, 5) is 4.04. The van der Waals surface area contributed by atoms with E-state index in [0.717, 1.165) is 16.5 Å². The summed E-state index contributed by atoms with van der Waals surface area (Å²) in [5, 5.41) is 0.761. The number of ether oxygens (including phenoxy) is 1. The van der Waals surface area contributed by atoms with Crippen molar-refractivity contribution in [1.29, 1.82) is 0 Å². The smallest absolute Gasteiger partial charge is 0.150 e. The van der Waals surface area contributed by atoms with Crippen LogP contribution in [0.5, 0.6) is 5.75 Å². The topological polar surface area (TPSA) is 22.1 Å². The lowest BCUT2D eigenvalue weighted by atomic mass is 10.0. The number of pyridine rings is 1. The fourth-order valence-electron chi connectivity index (χ4n) is 2.11. The zero-order valence-corrected chi connectivity index (χ0v) is 10.4. The molecule has 0 bridgehead atoms. The monoisotopic (exact) mass is 252 g/mol. The maximum Gasteiger partial charge on any atom is 0.150 e. The molecule has 3 rings (SSSR count). The molecule has 0 spiro atoms. The van der Waals surface area contributed by atoms with Crippen molar-refractivity contribution in [1.82, 2.24) is 4.98 Å². The Kier molecular flexibility index (Phi) is 2.88. The second kappa shape index (κ2) is 4.69. The van der Waals surface area contributed by atoms with E-state index in [1.54, 1.807) is 25.4 Å². The normalized spacial score (nSPS) is 10.6.